The summed E-state index contributed by atoms with van der Waals surface area (Å²) in [6, 6.07) is 0.656. The number of ether oxygens (including phenoxy) is 1. The minimum atomic E-state index is 0.656. The van der Waals surface area contributed by atoms with Crippen LogP contribution in [-0.4, -0.2) is 50.8 Å². The highest BCUT2D eigenvalue weighted by molar-refractivity contribution is 4.66. The second-order valence-electron chi connectivity index (χ2n) is 3.64. The number of hydrogen-bond acceptors (Lipinski definition) is 3. The van der Waals surface area contributed by atoms with Gasteiger partial charge in [0.05, 0.1) is 6.61 Å². The van der Waals surface area contributed by atoms with Crippen LogP contribution in [0.3, 0.4) is 0 Å². The lowest BCUT2D eigenvalue weighted by atomic mass is 10.2. The van der Waals surface area contributed by atoms with Crippen LogP contribution in [0.5, 0.6) is 0 Å². The predicted molar refractivity (Wildman–Crippen MR) is 61.7 cm³/mol. The highest BCUT2D eigenvalue weighted by Crippen LogP contribution is 2.01. The zero-order valence-corrected chi connectivity index (χ0v) is 10.2. The third kappa shape index (κ3) is 6.35. The molecule has 0 bridgehead atoms. The van der Waals surface area contributed by atoms with Crippen LogP contribution in [0.2, 0.25) is 0 Å². The Balaban J connectivity index is 3.72. The van der Waals surface area contributed by atoms with E-state index in [0.717, 1.165) is 32.8 Å². The van der Waals surface area contributed by atoms with Crippen molar-refractivity contribution in [3.8, 4) is 0 Å². The molecule has 0 aromatic rings. The molecule has 14 heavy (non-hydrogen) atoms. The Kier molecular flexibility index (Phi) is 9.35. The number of nitrogens with zero attached hydrogens (tertiary/aromatic N) is 1. The van der Waals surface area contributed by atoms with Gasteiger partial charge in [0.1, 0.15) is 0 Å². The molecule has 0 saturated heterocycles. The van der Waals surface area contributed by atoms with Crippen LogP contribution < -0.4 is 5.32 Å². The number of methoxy groups -OCH3 is 1. The Morgan fingerprint density at radius 1 is 1.29 bits per heavy atom. The van der Waals surface area contributed by atoms with Crippen molar-refractivity contribution in [1.29, 1.82) is 0 Å². The van der Waals surface area contributed by atoms with Crippen molar-refractivity contribution in [2.24, 2.45) is 0 Å². The first-order chi connectivity index (χ1) is 6.76. The number of nitrogens with one attached hydrogen (secondary N) is 1. The Morgan fingerprint density at radius 3 is 2.50 bits per heavy atom. The molecule has 0 saturated carbocycles. The molecule has 0 amide bonds. The van der Waals surface area contributed by atoms with Crippen molar-refractivity contribution >= 4 is 0 Å². The molecule has 0 aliphatic heterocycles. The standard InChI is InChI=1S/C11H26N2O/c1-5-11(3)13(9-10-14-4)8-7-12-6-2/h11-12H,5-10H2,1-4H3. The van der Waals surface area contributed by atoms with Crippen LogP contribution >= 0.6 is 0 Å². The largest absolute Gasteiger partial charge is 0.383 e. The van der Waals surface area contributed by atoms with Crippen molar-refractivity contribution in [3.05, 3.63) is 0 Å². The first kappa shape index (κ1) is 13.9. The van der Waals surface area contributed by atoms with Gasteiger partial charge in [-0.05, 0) is 19.9 Å². The topological polar surface area (TPSA) is 24.5 Å². The molecule has 1 unspecified atom stereocenters. The quantitative estimate of drug-likeness (QED) is 0.571. The highest BCUT2D eigenvalue weighted by Gasteiger charge is 2.10. The van der Waals surface area contributed by atoms with E-state index in [0.29, 0.717) is 6.04 Å². The zero-order valence-electron chi connectivity index (χ0n) is 10.2. The van der Waals surface area contributed by atoms with E-state index in [2.05, 4.69) is 31.0 Å². The number of hydrogen-bond donors (Lipinski definition) is 1. The van der Waals surface area contributed by atoms with Gasteiger partial charge in [0.15, 0.2) is 0 Å². The SMILES string of the molecule is CCNCCN(CCOC)C(C)CC. The van der Waals surface area contributed by atoms with Crippen LogP contribution in [0.4, 0.5) is 0 Å². The molecule has 1 N–H and O–H groups in total. The molecule has 0 radical (unpaired) electrons. The van der Waals surface area contributed by atoms with Crippen LogP contribution in [-0.2, 0) is 4.74 Å². The van der Waals surface area contributed by atoms with Gasteiger partial charge in [-0.1, -0.05) is 13.8 Å². The maximum Gasteiger partial charge on any atom is 0.0589 e. The third-order valence-electron chi connectivity index (χ3n) is 2.62. The Labute approximate surface area is 88.8 Å². The normalized spacial score (nSPS) is 13.5. The van der Waals surface area contributed by atoms with Crippen molar-refractivity contribution in [1.82, 2.24) is 10.2 Å². The van der Waals surface area contributed by atoms with Gasteiger partial charge in [0.25, 0.3) is 0 Å². The van der Waals surface area contributed by atoms with Crippen LogP contribution in [0, 0.1) is 0 Å². The van der Waals surface area contributed by atoms with Gasteiger partial charge in [-0.3, -0.25) is 4.90 Å². The van der Waals surface area contributed by atoms with Gasteiger partial charge in [0, 0.05) is 32.8 Å². The second-order valence-corrected chi connectivity index (χ2v) is 3.64. The Bertz CT molecular complexity index is 120. The number of likely N-dealkylation sites (N-methyl/N-ethyl adjacent to an activating group) is 1. The summed E-state index contributed by atoms with van der Waals surface area (Å²) in [6.45, 7) is 11.8. The van der Waals surface area contributed by atoms with E-state index in [9.17, 15) is 0 Å². The average molecular weight is 202 g/mol. The summed E-state index contributed by atoms with van der Waals surface area (Å²) in [4.78, 5) is 2.48. The van der Waals surface area contributed by atoms with Gasteiger partial charge in [0.2, 0.25) is 0 Å². The molecular weight excluding hydrogens is 176 g/mol. The first-order valence-electron chi connectivity index (χ1n) is 5.69. The monoisotopic (exact) mass is 202 g/mol. The van der Waals surface area contributed by atoms with Gasteiger partial charge in [-0.15, -0.1) is 0 Å². The van der Waals surface area contributed by atoms with E-state index in [1.807, 2.05) is 0 Å². The van der Waals surface area contributed by atoms with Crippen LogP contribution in [0.15, 0.2) is 0 Å². The molecule has 1 atom stereocenters. The Morgan fingerprint density at radius 2 is 2.00 bits per heavy atom. The maximum atomic E-state index is 5.11. The zero-order chi connectivity index (χ0) is 10.8. The molecule has 0 fully saturated rings. The fourth-order valence-electron chi connectivity index (χ4n) is 1.42. The average Bonchev–Trinajstić information content (AvgIpc) is 2.22. The molecular formula is C11H26N2O. The van der Waals surface area contributed by atoms with Crippen LogP contribution in [0.1, 0.15) is 27.2 Å². The van der Waals surface area contributed by atoms with E-state index in [4.69, 9.17) is 4.74 Å². The molecule has 0 spiro atoms. The van der Waals surface area contributed by atoms with Gasteiger partial charge in [-0.25, -0.2) is 0 Å². The van der Waals surface area contributed by atoms with Gasteiger partial charge >= 0.3 is 0 Å². The van der Waals surface area contributed by atoms with E-state index >= 15 is 0 Å². The number of rotatable bonds is 9. The molecule has 86 valence electrons. The van der Waals surface area contributed by atoms with Crippen molar-refractivity contribution in [2.75, 3.05) is 39.9 Å². The summed E-state index contributed by atoms with van der Waals surface area (Å²) in [5.41, 5.74) is 0. The summed E-state index contributed by atoms with van der Waals surface area (Å²) in [5.74, 6) is 0. The maximum absolute atomic E-state index is 5.11. The molecule has 0 aromatic carbocycles. The van der Waals surface area contributed by atoms with Gasteiger partial charge < -0.3 is 10.1 Å². The van der Waals surface area contributed by atoms with E-state index in [1.54, 1.807) is 7.11 Å². The Hall–Kier alpha value is -0.120. The lowest BCUT2D eigenvalue weighted by Crippen LogP contribution is -2.40. The second kappa shape index (κ2) is 9.44. The minimum Gasteiger partial charge on any atom is -0.383 e. The molecule has 0 aliphatic rings. The smallest absolute Gasteiger partial charge is 0.0589 e. The predicted octanol–water partition coefficient (Wildman–Crippen LogP) is 1.34. The fraction of sp³-hybridized carbons (Fsp3) is 1.00. The van der Waals surface area contributed by atoms with E-state index in [-0.39, 0.29) is 0 Å². The minimum absolute atomic E-state index is 0.656. The highest BCUT2D eigenvalue weighted by atomic mass is 16.5. The fourth-order valence-corrected chi connectivity index (χ4v) is 1.42. The lowest BCUT2D eigenvalue weighted by molar-refractivity contribution is 0.123. The molecule has 0 aliphatic carbocycles. The van der Waals surface area contributed by atoms with E-state index < -0.39 is 0 Å². The first-order valence-corrected chi connectivity index (χ1v) is 5.69. The van der Waals surface area contributed by atoms with Gasteiger partial charge in [-0.2, -0.15) is 0 Å². The van der Waals surface area contributed by atoms with Crippen LogP contribution in [0.25, 0.3) is 0 Å². The summed E-state index contributed by atoms with van der Waals surface area (Å²) < 4.78 is 5.11. The van der Waals surface area contributed by atoms with Crippen molar-refractivity contribution in [2.45, 2.75) is 33.2 Å². The molecule has 3 heteroatoms. The molecule has 0 rings (SSSR count). The van der Waals surface area contributed by atoms with E-state index in [1.165, 1.54) is 6.42 Å². The molecule has 0 aromatic heterocycles. The summed E-state index contributed by atoms with van der Waals surface area (Å²) >= 11 is 0. The van der Waals surface area contributed by atoms with Crippen molar-refractivity contribution < 1.29 is 4.74 Å². The van der Waals surface area contributed by atoms with Crippen molar-refractivity contribution in [3.63, 3.8) is 0 Å². The molecule has 0 heterocycles. The summed E-state index contributed by atoms with van der Waals surface area (Å²) in [7, 11) is 1.76. The summed E-state index contributed by atoms with van der Waals surface area (Å²) in [5, 5.41) is 3.35. The molecule has 3 nitrogen and oxygen atoms in total. The summed E-state index contributed by atoms with van der Waals surface area (Å²) in [6.07, 6.45) is 1.20. The lowest BCUT2D eigenvalue weighted by Gasteiger charge is -2.28. The third-order valence-corrected chi connectivity index (χ3v) is 2.62.